The molecule has 176 valence electrons. The van der Waals surface area contributed by atoms with E-state index in [4.69, 9.17) is 9.47 Å². The van der Waals surface area contributed by atoms with E-state index in [0.29, 0.717) is 48.7 Å². The summed E-state index contributed by atoms with van der Waals surface area (Å²) in [5, 5.41) is 4.59. The van der Waals surface area contributed by atoms with Crippen molar-refractivity contribution in [2.75, 3.05) is 32.6 Å². The number of ether oxygens (including phenoxy) is 2. The van der Waals surface area contributed by atoms with Gasteiger partial charge in [-0.05, 0) is 49.2 Å². The van der Waals surface area contributed by atoms with E-state index >= 15 is 0 Å². The van der Waals surface area contributed by atoms with Crippen molar-refractivity contribution >= 4 is 29.3 Å². The maximum absolute atomic E-state index is 13.0. The Kier molecular flexibility index (Phi) is 7.64. The third kappa shape index (κ3) is 5.85. The molecule has 8 nitrogen and oxygen atoms in total. The van der Waals surface area contributed by atoms with E-state index in [1.54, 1.807) is 55.8 Å². The summed E-state index contributed by atoms with van der Waals surface area (Å²) in [5.41, 5.74) is 1.20. The van der Waals surface area contributed by atoms with Crippen LogP contribution in [0.5, 0.6) is 11.5 Å². The Morgan fingerprint density at radius 2 is 1.65 bits per heavy atom. The normalized spacial score (nSPS) is 13.9. The Bertz CT molecular complexity index is 1130. The highest BCUT2D eigenvalue weighted by atomic mass is 32.2. The molecule has 3 aromatic rings. The van der Waals surface area contributed by atoms with Crippen molar-refractivity contribution in [3.05, 3.63) is 66.5 Å². The molecule has 1 N–H and O–H groups in total. The highest BCUT2D eigenvalue weighted by Crippen LogP contribution is 2.28. The van der Waals surface area contributed by atoms with Gasteiger partial charge in [0, 0.05) is 48.7 Å². The first kappa shape index (κ1) is 23.6. The number of aromatic nitrogens is 2. The van der Waals surface area contributed by atoms with Crippen LogP contribution in [0.4, 0.5) is 5.69 Å². The number of likely N-dealkylation sites (tertiary alicyclic amines) is 1. The summed E-state index contributed by atoms with van der Waals surface area (Å²) in [5.74, 6) is 0.824. The first-order valence-electron chi connectivity index (χ1n) is 10.9. The second kappa shape index (κ2) is 11.0. The first-order chi connectivity index (χ1) is 16.6. The number of piperidine rings is 1. The van der Waals surface area contributed by atoms with Gasteiger partial charge in [0.2, 0.25) is 5.91 Å². The number of benzene rings is 1. The minimum atomic E-state index is -0.163. The van der Waals surface area contributed by atoms with Crippen molar-refractivity contribution < 1.29 is 19.1 Å². The van der Waals surface area contributed by atoms with E-state index in [1.165, 1.54) is 11.8 Å². The van der Waals surface area contributed by atoms with Gasteiger partial charge >= 0.3 is 0 Å². The average Bonchev–Trinajstić information content (AvgIpc) is 2.88. The van der Waals surface area contributed by atoms with Crippen LogP contribution in [0.15, 0.2) is 71.0 Å². The zero-order chi connectivity index (χ0) is 23.9. The highest BCUT2D eigenvalue weighted by Gasteiger charge is 2.28. The molecule has 0 bridgehead atoms. The molecule has 1 aliphatic rings. The SMILES string of the molecule is COc1cc(OC)cc(C(=O)N2CCC(C(=O)Nc3ccnc(Sc4ccccn4)c3)CC2)c1. The van der Waals surface area contributed by atoms with Crippen molar-refractivity contribution in [2.45, 2.75) is 22.9 Å². The molecule has 3 heterocycles. The largest absolute Gasteiger partial charge is 0.497 e. The Balaban J connectivity index is 1.33. The summed E-state index contributed by atoms with van der Waals surface area (Å²) in [6, 6.07) is 14.4. The molecule has 1 saturated heterocycles. The molecule has 2 aromatic heterocycles. The predicted octanol–water partition coefficient (Wildman–Crippen LogP) is 4.14. The number of hydrogen-bond donors (Lipinski definition) is 1. The van der Waals surface area contributed by atoms with Gasteiger partial charge in [-0.3, -0.25) is 9.59 Å². The Morgan fingerprint density at radius 1 is 0.941 bits per heavy atom. The number of hydrogen-bond acceptors (Lipinski definition) is 7. The van der Waals surface area contributed by atoms with Crippen LogP contribution in [0.2, 0.25) is 0 Å². The van der Waals surface area contributed by atoms with Crippen LogP contribution in [0.3, 0.4) is 0 Å². The maximum atomic E-state index is 13.0. The molecule has 1 aromatic carbocycles. The fraction of sp³-hybridized carbons (Fsp3) is 0.280. The van der Waals surface area contributed by atoms with Crippen LogP contribution in [-0.2, 0) is 4.79 Å². The smallest absolute Gasteiger partial charge is 0.254 e. The number of rotatable bonds is 7. The molecule has 0 spiro atoms. The number of carbonyl (C=O) groups is 2. The molecule has 1 fully saturated rings. The zero-order valence-electron chi connectivity index (χ0n) is 19.1. The highest BCUT2D eigenvalue weighted by molar-refractivity contribution is 7.99. The summed E-state index contributed by atoms with van der Waals surface area (Å²) in [4.78, 5) is 36.3. The quantitative estimate of drug-likeness (QED) is 0.546. The van der Waals surface area contributed by atoms with E-state index in [0.717, 1.165) is 10.1 Å². The third-order valence-electron chi connectivity index (χ3n) is 5.60. The molecule has 1 aliphatic heterocycles. The van der Waals surface area contributed by atoms with Crippen LogP contribution >= 0.6 is 11.8 Å². The Morgan fingerprint density at radius 3 is 2.29 bits per heavy atom. The number of methoxy groups -OCH3 is 2. The monoisotopic (exact) mass is 478 g/mol. The molecule has 9 heteroatoms. The number of amides is 2. The lowest BCUT2D eigenvalue weighted by atomic mass is 9.95. The molecule has 2 amide bonds. The minimum Gasteiger partial charge on any atom is -0.497 e. The molecule has 34 heavy (non-hydrogen) atoms. The molecule has 0 radical (unpaired) electrons. The number of anilines is 1. The second-order valence-corrected chi connectivity index (χ2v) is 8.85. The van der Waals surface area contributed by atoms with Crippen LogP contribution in [0, 0.1) is 5.92 Å². The van der Waals surface area contributed by atoms with Crippen molar-refractivity contribution in [1.29, 1.82) is 0 Å². The Labute approximate surface area is 202 Å². The van der Waals surface area contributed by atoms with Crippen LogP contribution in [0.25, 0.3) is 0 Å². The first-order valence-corrected chi connectivity index (χ1v) is 11.8. The molecule has 0 atom stereocenters. The molecule has 0 aliphatic carbocycles. The second-order valence-electron chi connectivity index (χ2n) is 7.81. The average molecular weight is 479 g/mol. The summed E-state index contributed by atoms with van der Waals surface area (Å²) in [7, 11) is 3.10. The summed E-state index contributed by atoms with van der Waals surface area (Å²) >= 11 is 1.44. The third-order valence-corrected chi connectivity index (χ3v) is 6.48. The van der Waals surface area contributed by atoms with E-state index in [1.807, 2.05) is 24.3 Å². The molecular formula is C25H26N4O4S. The number of nitrogens with one attached hydrogen (secondary N) is 1. The summed E-state index contributed by atoms with van der Waals surface area (Å²) < 4.78 is 10.5. The van der Waals surface area contributed by atoms with Crippen molar-refractivity contribution in [3.8, 4) is 11.5 Å². The van der Waals surface area contributed by atoms with Gasteiger partial charge in [-0.1, -0.05) is 17.8 Å². The van der Waals surface area contributed by atoms with Crippen molar-refractivity contribution in [3.63, 3.8) is 0 Å². The lowest BCUT2D eigenvalue weighted by Crippen LogP contribution is -2.41. The lowest BCUT2D eigenvalue weighted by Gasteiger charge is -2.31. The van der Waals surface area contributed by atoms with Gasteiger partial charge < -0.3 is 19.7 Å². The van der Waals surface area contributed by atoms with E-state index in [9.17, 15) is 9.59 Å². The number of carbonyl (C=O) groups excluding carboxylic acids is 2. The molecule has 4 rings (SSSR count). The van der Waals surface area contributed by atoms with Crippen LogP contribution < -0.4 is 14.8 Å². The van der Waals surface area contributed by atoms with E-state index in [-0.39, 0.29) is 17.7 Å². The number of nitrogens with zero attached hydrogens (tertiary/aromatic N) is 3. The fourth-order valence-corrected chi connectivity index (χ4v) is 4.53. The maximum Gasteiger partial charge on any atom is 0.254 e. The van der Waals surface area contributed by atoms with Gasteiger partial charge in [0.25, 0.3) is 5.91 Å². The minimum absolute atomic E-state index is 0.0462. The Hall–Kier alpha value is -3.59. The van der Waals surface area contributed by atoms with Gasteiger partial charge in [0.15, 0.2) is 0 Å². The molecule has 0 unspecified atom stereocenters. The topological polar surface area (TPSA) is 93.7 Å². The van der Waals surface area contributed by atoms with Crippen molar-refractivity contribution in [1.82, 2.24) is 14.9 Å². The predicted molar refractivity (Wildman–Crippen MR) is 129 cm³/mol. The van der Waals surface area contributed by atoms with E-state index < -0.39 is 0 Å². The van der Waals surface area contributed by atoms with Gasteiger partial charge in [0.1, 0.15) is 21.6 Å². The fourth-order valence-electron chi connectivity index (χ4n) is 3.76. The molecule has 0 saturated carbocycles. The van der Waals surface area contributed by atoms with Gasteiger partial charge in [0.05, 0.1) is 14.2 Å². The van der Waals surface area contributed by atoms with Crippen molar-refractivity contribution in [2.24, 2.45) is 5.92 Å². The van der Waals surface area contributed by atoms with Gasteiger partial charge in [-0.15, -0.1) is 0 Å². The lowest BCUT2D eigenvalue weighted by molar-refractivity contribution is -0.121. The van der Waals surface area contributed by atoms with Gasteiger partial charge in [-0.2, -0.15) is 0 Å². The zero-order valence-corrected chi connectivity index (χ0v) is 19.9. The van der Waals surface area contributed by atoms with E-state index in [2.05, 4.69) is 15.3 Å². The van der Waals surface area contributed by atoms with Crippen LogP contribution in [0.1, 0.15) is 23.2 Å². The number of pyridine rings is 2. The summed E-state index contributed by atoms with van der Waals surface area (Å²) in [6.45, 7) is 1.02. The van der Waals surface area contributed by atoms with Gasteiger partial charge in [-0.25, -0.2) is 9.97 Å². The van der Waals surface area contributed by atoms with Crippen LogP contribution in [-0.4, -0.2) is 54.0 Å². The summed E-state index contributed by atoms with van der Waals surface area (Å²) in [6.07, 6.45) is 4.60. The standard InChI is InChI=1S/C25H26N4O4S/c1-32-20-13-18(14-21(16-20)33-2)25(31)29-11-7-17(8-12-29)24(30)28-19-6-10-27-23(15-19)34-22-5-3-4-9-26-22/h3-6,9-10,13-17H,7-8,11-12H2,1-2H3,(H,27,28,30). The molecular weight excluding hydrogens is 452 g/mol.